The van der Waals surface area contributed by atoms with Crippen LogP contribution in [0.15, 0.2) is 52.6 Å². The van der Waals surface area contributed by atoms with Gasteiger partial charge < -0.3 is 24.1 Å². The van der Waals surface area contributed by atoms with Crippen molar-refractivity contribution in [1.82, 2.24) is 5.16 Å². The van der Waals surface area contributed by atoms with Gasteiger partial charge in [0.15, 0.2) is 17.3 Å². The molecule has 0 bridgehead atoms. The third kappa shape index (κ3) is 6.87. The number of nitrogens with one attached hydrogen (secondary N) is 1. The Bertz CT molecular complexity index is 1200. The first kappa shape index (κ1) is 24.4. The topological polar surface area (TPSA) is 107 Å². The van der Waals surface area contributed by atoms with E-state index in [2.05, 4.69) is 16.5 Å². The lowest BCUT2D eigenvalue weighted by Gasteiger charge is -2.12. The number of ether oxygens (including phenoxy) is 3. The van der Waals surface area contributed by atoms with E-state index in [0.29, 0.717) is 42.5 Å². The normalized spacial score (nSPS) is 11.0. The quantitative estimate of drug-likeness (QED) is 0.257. The summed E-state index contributed by atoms with van der Waals surface area (Å²) in [7, 11) is 1.53. The number of carbonyl (C=O) groups is 1. The van der Waals surface area contributed by atoms with Gasteiger partial charge in [-0.15, -0.1) is 0 Å². The van der Waals surface area contributed by atoms with Gasteiger partial charge >= 0.3 is 0 Å². The van der Waals surface area contributed by atoms with Crippen molar-refractivity contribution in [1.29, 1.82) is 5.26 Å². The molecule has 0 aliphatic carbocycles. The highest BCUT2D eigenvalue weighted by Crippen LogP contribution is 2.29. The maximum Gasteiger partial charge on any atom is 0.267 e. The van der Waals surface area contributed by atoms with Crippen molar-refractivity contribution in [2.75, 3.05) is 25.6 Å². The minimum Gasteiger partial charge on any atom is -0.493 e. The predicted molar refractivity (Wildman–Crippen MR) is 128 cm³/mol. The van der Waals surface area contributed by atoms with Gasteiger partial charge in [-0.3, -0.25) is 4.79 Å². The lowest BCUT2D eigenvalue weighted by atomic mass is 10.1. The summed E-state index contributed by atoms with van der Waals surface area (Å²) >= 11 is 0. The first-order valence-electron chi connectivity index (χ1n) is 10.8. The minimum absolute atomic E-state index is 0.0834. The third-order valence-electron chi connectivity index (χ3n) is 4.74. The lowest BCUT2D eigenvalue weighted by Crippen LogP contribution is -2.13. The van der Waals surface area contributed by atoms with Gasteiger partial charge in [0.05, 0.1) is 20.3 Å². The van der Waals surface area contributed by atoms with Gasteiger partial charge in [0.2, 0.25) is 0 Å². The van der Waals surface area contributed by atoms with Crippen LogP contribution in [0.2, 0.25) is 0 Å². The van der Waals surface area contributed by atoms with E-state index in [9.17, 15) is 10.1 Å². The SMILES string of the molecule is COc1cc(/C=C(/C#N)C(=O)Nc2cc(C)on2)ccc1OCCCOc1cc(C)cc(C)c1. The number of carbonyl (C=O) groups excluding carboxylic acids is 1. The van der Waals surface area contributed by atoms with Crippen molar-refractivity contribution in [3.05, 3.63) is 70.5 Å². The van der Waals surface area contributed by atoms with Gasteiger partial charge in [-0.1, -0.05) is 17.3 Å². The number of aromatic nitrogens is 1. The Morgan fingerprint density at radius 3 is 2.44 bits per heavy atom. The Morgan fingerprint density at radius 2 is 1.79 bits per heavy atom. The van der Waals surface area contributed by atoms with E-state index >= 15 is 0 Å². The van der Waals surface area contributed by atoms with Crippen LogP contribution in [0.5, 0.6) is 17.2 Å². The molecule has 0 saturated heterocycles. The first-order valence-corrected chi connectivity index (χ1v) is 10.8. The maximum absolute atomic E-state index is 12.4. The summed E-state index contributed by atoms with van der Waals surface area (Å²) in [6, 6.07) is 14.8. The largest absolute Gasteiger partial charge is 0.493 e. The number of anilines is 1. The molecule has 176 valence electrons. The molecule has 0 unspecified atom stereocenters. The molecule has 1 amide bonds. The molecule has 1 heterocycles. The van der Waals surface area contributed by atoms with E-state index in [-0.39, 0.29) is 11.4 Å². The van der Waals surface area contributed by atoms with Crippen molar-refractivity contribution in [2.24, 2.45) is 0 Å². The maximum atomic E-state index is 12.4. The van der Waals surface area contributed by atoms with Crippen LogP contribution >= 0.6 is 0 Å². The van der Waals surface area contributed by atoms with Crippen LogP contribution < -0.4 is 19.5 Å². The number of amides is 1. The molecule has 3 rings (SSSR count). The molecular weight excluding hydrogens is 434 g/mol. The van der Waals surface area contributed by atoms with Crippen molar-refractivity contribution in [3.8, 4) is 23.3 Å². The standard InChI is InChI=1S/C26H27N3O5/c1-17-10-18(2)12-22(11-17)32-8-5-9-33-23-7-6-20(15-24(23)31-4)14-21(16-27)26(30)28-25-13-19(3)34-29-25/h6-7,10-15H,5,8-9H2,1-4H3,(H,28,29,30)/b21-14-. The molecule has 8 heteroatoms. The summed E-state index contributed by atoms with van der Waals surface area (Å²) in [5.41, 5.74) is 2.86. The fourth-order valence-corrected chi connectivity index (χ4v) is 3.26. The van der Waals surface area contributed by atoms with Gasteiger partial charge in [0.25, 0.3) is 5.91 Å². The number of hydrogen-bond donors (Lipinski definition) is 1. The zero-order chi connectivity index (χ0) is 24.5. The van der Waals surface area contributed by atoms with Crippen molar-refractivity contribution < 1.29 is 23.5 Å². The van der Waals surface area contributed by atoms with Crippen LogP contribution in [-0.4, -0.2) is 31.4 Å². The average Bonchev–Trinajstić information content (AvgIpc) is 3.21. The highest BCUT2D eigenvalue weighted by Gasteiger charge is 2.13. The predicted octanol–water partition coefficient (Wildman–Crippen LogP) is 5.00. The molecule has 0 atom stereocenters. The molecule has 2 aromatic carbocycles. The van der Waals surface area contributed by atoms with Crippen LogP contribution in [0.1, 0.15) is 28.9 Å². The number of hydrogen-bond acceptors (Lipinski definition) is 7. The Kier molecular flexibility index (Phi) is 8.30. The second-order valence-corrected chi connectivity index (χ2v) is 7.73. The molecule has 0 aliphatic rings. The minimum atomic E-state index is -0.584. The van der Waals surface area contributed by atoms with E-state index in [1.54, 1.807) is 31.2 Å². The fraction of sp³-hybridized carbons (Fsp3) is 0.269. The Hall–Kier alpha value is -4.25. The number of nitriles is 1. The van der Waals surface area contributed by atoms with Gasteiger partial charge in [-0.2, -0.15) is 5.26 Å². The summed E-state index contributed by atoms with van der Waals surface area (Å²) < 4.78 is 22.0. The monoisotopic (exact) mass is 461 g/mol. The van der Waals surface area contributed by atoms with E-state index in [0.717, 1.165) is 16.9 Å². The number of methoxy groups -OCH3 is 1. The second-order valence-electron chi connectivity index (χ2n) is 7.73. The fourth-order valence-electron chi connectivity index (χ4n) is 3.26. The van der Waals surface area contributed by atoms with Gasteiger partial charge in [-0.05, 0) is 67.8 Å². The van der Waals surface area contributed by atoms with Crippen LogP contribution in [0.25, 0.3) is 6.08 Å². The number of aryl methyl sites for hydroxylation is 3. The van der Waals surface area contributed by atoms with Crippen LogP contribution in [0, 0.1) is 32.1 Å². The van der Waals surface area contributed by atoms with Crippen molar-refractivity contribution in [2.45, 2.75) is 27.2 Å². The summed E-state index contributed by atoms with van der Waals surface area (Å²) in [5.74, 6) is 2.11. The van der Waals surface area contributed by atoms with E-state index < -0.39 is 5.91 Å². The van der Waals surface area contributed by atoms with Gasteiger partial charge in [0.1, 0.15) is 23.2 Å². The zero-order valence-corrected chi connectivity index (χ0v) is 19.7. The Balaban J connectivity index is 1.57. The highest BCUT2D eigenvalue weighted by molar-refractivity contribution is 6.09. The molecule has 1 aromatic heterocycles. The molecule has 8 nitrogen and oxygen atoms in total. The summed E-state index contributed by atoms with van der Waals surface area (Å²) in [6.45, 7) is 6.75. The van der Waals surface area contributed by atoms with Gasteiger partial charge in [0, 0.05) is 12.5 Å². The van der Waals surface area contributed by atoms with Crippen molar-refractivity contribution in [3.63, 3.8) is 0 Å². The molecule has 34 heavy (non-hydrogen) atoms. The molecule has 3 aromatic rings. The van der Waals surface area contributed by atoms with E-state index in [4.69, 9.17) is 18.7 Å². The zero-order valence-electron chi connectivity index (χ0n) is 19.7. The van der Waals surface area contributed by atoms with Crippen molar-refractivity contribution >= 4 is 17.8 Å². The second kappa shape index (κ2) is 11.6. The lowest BCUT2D eigenvalue weighted by molar-refractivity contribution is -0.112. The number of nitrogens with zero attached hydrogens (tertiary/aromatic N) is 2. The molecule has 0 radical (unpaired) electrons. The molecule has 0 aliphatic heterocycles. The molecule has 0 spiro atoms. The van der Waals surface area contributed by atoms with Crippen LogP contribution in [0.3, 0.4) is 0 Å². The first-order chi connectivity index (χ1) is 16.4. The summed E-state index contributed by atoms with van der Waals surface area (Å²) in [5, 5.41) is 15.6. The Labute approximate surface area is 198 Å². The number of rotatable bonds is 10. The number of benzene rings is 2. The average molecular weight is 462 g/mol. The molecule has 0 fully saturated rings. The van der Waals surface area contributed by atoms with E-state index in [1.807, 2.05) is 32.0 Å². The Morgan fingerprint density at radius 1 is 1.06 bits per heavy atom. The molecule has 0 saturated carbocycles. The van der Waals surface area contributed by atoms with Crippen LogP contribution in [-0.2, 0) is 4.79 Å². The third-order valence-corrected chi connectivity index (χ3v) is 4.74. The molecular formula is C26H27N3O5. The van der Waals surface area contributed by atoms with E-state index in [1.165, 1.54) is 13.2 Å². The smallest absolute Gasteiger partial charge is 0.267 e. The van der Waals surface area contributed by atoms with Crippen LogP contribution in [0.4, 0.5) is 5.82 Å². The summed E-state index contributed by atoms with van der Waals surface area (Å²) in [4.78, 5) is 12.4. The molecule has 1 N–H and O–H groups in total. The summed E-state index contributed by atoms with van der Waals surface area (Å²) in [6.07, 6.45) is 2.16. The van der Waals surface area contributed by atoms with Gasteiger partial charge in [-0.25, -0.2) is 0 Å². The highest BCUT2D eigenvalue weighted by atomic mass is 16.5.